The number of carbonyl (C=O) groups excluding carboxylic acids is 2. The van der Waals surface area contributed by atoms with Crippen LogP contribution in [-0.4, -0.2) is 18.4 Å². The summed E-state index contributed by atoms with van der Waals surface area (Å²) in [5, 5.41) is 4.91. The van der Waals surface area contributed by atoms with Gasteiger partial charge in [-0.2, -0.15) is 0 Å². The third-order valence-corrected chi connectivity index (χ3v) is 2.80. The molecule has 0 aromatic heterocycles. The van der Waals surface area contributed by atoms with E-state index in [1.807, 2.05) is 0 Å². The molecule has 2 amide bonds. The summed E-state index contributed by atoms with van der Waals surface area (Å²) in [6, 6.07) is 8.43. The lowest BCUT2D eigenvalue weighted by atomic mass is 10.2. The van der Waals surface area contributed by atoms with Gasteiger partial charge in [0.05, 0.1) is 17.9 Å². The Morgan fingerprint density at radius 2 is 1.55 bits per heavy atom. The van der Waals surface area contributed by atoms with E-state index < -0.39 is 23.4 Å². The van der Waals surface area contributed by atoms with E-state index in [9.17, 15) is 18.4 Å². The molecule has 2 aromatic carbocycles. The zero-order valence-electron chi connectivity index (χ0n) is 11.4. The van der Waals surface area contributed by atoms with Crippen LogP contribution in [0.4, 0.5) is 20.2 Å². The van der Waals surface area contributed by atoms with Crippen molar-refractivity contribution in [1.29, 1.82) is 0 Å². The number of anilines is 2. The molecule has 22 heavy (non-hydrogen) atoms. The summed E-state index contributed by atoms with van der Waals surface area (Å²) in [6.45, 7) is -0.276. The Balaban J connectivity index is 2.23. The maximum Gasteiger partial charge on any atom is 0.255 e. The molecule has 0 saturated carbocycles. The highest BCUT2D eigenvalue weighted by Crippen LogP contribution is 2.23. The fourth-order valence-corrected chi connectivity index (χ4v) is 1.73. The second kappa shape index (κ2) is 6.77. The molecule has 0 bridgehead atoms. The summed E-state index contributed by atoms with van der Waals surface area (Å²) < 4.78 is 26.1. The predicted octanol–water partition coefficient (Wildman–Crippen LogP) is 2.11. The molecule has 0 radical (unpaired) electrons. The van der Waals surface area contributed by atoms with Gasteiger partial charge in [-0.15, -0.1) is 0 Å². The first kappa shape index (κ1) is 15.6. The van der Waals surface area contributed by atoms with Crippen molar-refractivity contribution in [2.75, 3.05) is 17.2 Å². The van der Waals surface area contributed by atoms with Crippen LogP contribution in [-0.2, 0) is 4.79 Å². The molecule has 7 heteroatoms. The second-order valence-corrected chi connectivity index (χ2v) is 4.40. The first-order valence-corrected chi connectivity index (χ1v) is 6.36. The van der Waals surface area contributed by atoms with Crippen molar-refractivity contribution in [2.45, 2.75) is 0 Å². The number of hydrogen-bond donors (Lipinski definition) is 3. The van der Waals surface area contributed by atoms with Crippen molar-refractivity contribution < 1.29 is 18.4 Å². The number of amides is 2. The first-order chi connectivity index (χ1) is 10.5. The number of benzene rings is 2. The lowest BCUT2D eigenvalue weighted by Crippen LogP contribution is -2.23. The topological polar surface area (TPSA) is 84.2 Å². The summed E-state index contributed by atoms with van der Waals surface area (Å²) >= 11 is 0. The molecule has 2 aromatic rings. The van der Waals surface area contributed by atoms with Gasteiger partial charge in [-0.25, -0.2) is 8.78 Å². The predicted molar refractivity (Wildman–Crippen MR) is 78.4 cm³/mol. The smallest absolute Gasteiger partial charge is 0.255 e. The van der Waals surface area contributed by atoms with Crippen LogP contribution in [0.25, 0.3) is 0 Å². The van der Waals surface area contributed by atoms with E-state index >= 15 is 0 Å². The molecule has 0 fully saturated rings. The molecule has 0 aliphatic heterocycles. The zero-order valence-corrected chi connectivity index (χ0v) is 11.4. The van der Waals surface area contributed by atoms with Gasteiger partial charge in [0.25, 0.3) is 5.91 Å². The van der Waals surface area contributed by atoms with Gasteiger partial charge in [-0.3, -0.25) is 9.59 Å². The molecule has 0 saturated heterocycles. The van der Waals surface area contributed by atoms with Crippen LogP contribution in [0.3, 0.4) is 0 Å². The highest BCUT2D eigenvalue weighted by Gasteiger charge is 2.12. The van der Waals surface area contributed by atoms with Crippen molar-refractivity contribution in [2.24, 2.45) is 5.73 Å². The summed E-state index contributed by atoms with van der Waals surface area (Å²) in [7, 11) is 0. The highest BCUT2D eigenvalue weighted by atomic mass is 19.1. The Hall–Kier alpha value is -2.80. The zero-order chi connectivity index (χ0) is 16.1. The number of nitrogens with one attached hydrogen (secondary N) is 2. The number of rotatable bonds is 4. The van der Waals surface area contributed by atoms with Crippen LogP contribution >= 0.6 is 0 Å². The van der Waals surface area contributed by atoms with E-state index in [1.165, 1.54) is 18.2 Å². The molecule has 114 valence electrons. The van der Waals surface area contributed by atoms with Crippen LogP contribution in [0.15, 0.2) is 42.5 Å². The number of hydrogen-bond acceptors (Lipinski definition) is 3. The Morgan fingerprint density at radius 3 is 2.18 bits per heavy atom. The lowest BCUT2D eigenvalue weighted by molar-refractivity contribution is -0.114. The quantitative estimate of drug-likeness (QED) is 0.809. The Labute approximate surface area is 125 Å². The van der Waals surface area contributed by atoms with Crippen molar-refractivity contribution in [3.8, 4) is 0 Å². The minimum absolute atomic E-state index is 0.0888. The van der Waals surface area contributed by atoms with Gasteiger partial charge >= 0.3 is 0 Å². The Morgan fingerprint density at radius 1 is 0.909 bits per heavy atom. The van der Waals surface area contributed by atoms with E-state index in [4.69, 9.17) is 5.73 Å². The maximum atomic E-state index is 13.3. The summed E-state index contributed by atoms with van der Waals surface area (Å²) in [5.41, 5.74) is 5.70. The van der Waals surface area contributed by atoms with Crippen LogP contribution in [0.1, 0.15) is 10.4 Å². The molecule has 5 nitrogen and oxygen atoms in total. The maximum absolute atomic E-state index is 13.3. The normalized spacial score (nSPS) is 10.1. The summed E-state index contributed by atoms with van der Waals surface area (Å²) in [4.78, 5) is 23.4. The monoisotopic (exact) mass is 305 g/mol. The molecular weight excluding hydrogens is 292 g/mol. The fourth-order valence-electron chi connectivity index (χ4n) is 1.73. The van der Waals surface area contributed by atoms with E-state index in [-0.39, 0.29) is 23.5 Å². The summed E-state index contributed by atoms with van der Waals surface area (Å²) in [5.74, 6) is -2.08. The average molecular weight is 305 g/mol. The van der Waals surface area contributed by atoms with Crippen molar-refractivity contribution >= 4 is 23.2 Å². The third kappa shape index (κ3) is 3.86. The molecule has 0 heterocycles. The minimum atomic E-state index is -0.577. The number of carbonyl (C=O) groups is 2. The fraction of sp³-hybridized carbons (Fsp3) is 0.0667. The van der Waals surface area contributed by atoms with Gasteiger partial charge in [0.1, 0.15) is 11.6 Å². The van der Waals surface area contributed by atoms with Crippen LogP contribution < -0.4 is 16.4 Å². The third-order valence-electron chi connectivity index (χ3n) is 2.80. The van der Waals surface area contributed by atoms with Crippen LogP contribution in [0.5, 0.6) is 0 Å². The van der Waals surface area contributed by atoms with Gasteiger partial charge in [-0.1, -0.05) is 0 Å². The number of nitrogens with two attached hydrogens (primary N) is 1. The van der Waals surface area contributed by atoms with Gasteiger partial charge in [0, 0.05) is 5.56 Å². The minimum Gasteiger partial charge on any atom is -0.323 e. The van der Waals surface area contributed by atoms with Gasteiger partial charge in [0.2, 0.25) is 5.91 Å². The largest absolute Gasteiger partial charge is 0.323 e. The molecule has 0 spiro atoms. The summed E-state index contributed by atoms with van der Waals surface area (Å²) in [6.07, 6.45) is 0. The Bertz CT molecular complexity index is 702. The molecule has 0 aliphatic rings. The van der Waals surface area contributed by atoms with Gasteiger partial charge < -0.3 is 16.4 Å². The van der Waals surface area contributed by atoms with Gasteiger partial charge in [-0.05, 0) is 42.5 Å². The molecule has 0 aliphatic carbocycles. The second-order valence-electron chi connectivity index (χ2n) is 4.40. The van der Waals surface area contributed by atoms with E-state index in [0.717, 1.165) is 24.3 Å². The van der Waals surface area contributed by atoms with Crippen LogP contribution in [0, 0.1) is 11.6 Å². The average Bonchev–Trinajstić information content (AvgIpc) is 2.50. The SMILES string of the molecule is NCC(=O)Nc1cc(F)ccc1NC(=O)c1ccc(F)cc1. The van der Waals surface area contributed by atoms with Gasteiger partial charge in [0.15, 0.2) is 0 Å². The van der Waals surface area contributed by atoms with Crippen molar-refractivity contribution in [1.82, 2.24) is 0 Å². The van der Waals surface area contributed by atoms with E-state index in [2.05, 4.69) is 10.6 Å². The molecular formula is C15H13F2N3O2. The number of halogens is 2. The molecule has 2 rings (SSSR count). The van der Waals surface area contributed by atoms with Crippen LogP contribution in [0.2, 0.25) is 0 Å². The van der Waals surface area contributed by atoms with Crippen molar-refractivity contribution in [3.05, 3.63) is 59.7 Å². The molecule has 4 N–H and O–H groups in total. The standard InChI is InChI=1S/C15H13F2N3O2/c16-10-3-1-9(2-4-10)15(22)20-12-6-5-11(17)7-13(12)19-14(21)8-18/h1-7H,8,18H2,(H,19,21)(H,20,22). The highest BCUT2D eigenvalue weighted by molar-refractivity contribution is 6.07. The molecule has 0 atom stereocenters. The van der Waals surface area contributed by atoms with E-state index in [1.54, 1.807) is 0 Å². The van der Waals surface area contributed by atoms with Crippen molar-refractivity contribution in [3.63, 3.8) is 0 Å². The molecule has 0 unspecified atom stereocenters. The first-order valence-electron chi connectivity index (χ1n) is 6.36. The van der Waals surface area contributed by atoms with E-state index in [0.29, 0.717) is 0 Å². The Kier molecular flexibility index (Phi) is 4.80. The lowest BCUT2D eigenvalue weighted by Gasteiger charge is -2.12.